The van der Waals surface area contributed by atoms with Crippen LogP contribution in [0.1, 0.15) is 48.0 Å². The van der Waals surface area contributed by atoms with Gasteiger partial charge in [0.25, 0.3) is 0 Å². The van der Waals surface area contributed by atoms with E-state index in [1.165, 1.54) is 0 Å². The Hall–Kier alpha value is -0.0800. The van der Waals surface area contributed by atoms with Gasteiger partial charge < -0.3 is 10.5 Å². The van der Waals surface area contributed by atoms with Crippen molar-refractivity contribution in [1.29, 1.82) is 0 Å². The molecule has 1 atom stereocenters. The van der Waals surface area contributed by atoms with Crippen LogP contribution >= 0.6 is 0 Å². The van der Waals surface area contributed by atoms with Crippen molar-refractivity contribution in [3.05, 3.63) is 0 Å². The average molecular weight is 201 g/mol. The van der Waals surface area contributed by atoms with E-state index in [0.29, 0.717) is 12.0 Å². The molecule has 0 aliphatic heterocycles. The molecule has 2 N–H and O–H groups in total. The topological polar surface area (TPSA) is 35.2 Å². The minimum absolute atomic E-state index is 0.127. The van der Waals surface area contributed by atoms with Crippen molar-refractivity contribution in [3.8, 4) is 0 Å². The van der Waals surface area contributed by atoms with E-state index in [0.717, 1.165) is 13.0 Å². The summed E-state index contributed by atoms with van der Waals surface area (Å²) in [6, 6.07) is 0.127. The van der Waals surface area contributed by atoms with E-state index < -0.39 is 0 Å². The largest absolute Gasteiger partial charge is 0.380 e. The third-order valence-corrected chi connectivity index (χ3v) is 2.41. The molecule has 0 aliphatic carbocycles. The monoisotopic (exact) mass is 201 g/mol. The van der Waals surface area contributed by atoms with E-state index in [1.54, 1.807) is 0 Å². The van der Waals surface area contributed by atoms with Crippen molar-refractivity contribution in [2.45, 2.75) is 54.0 Å². The SMILES string of the molecule is CC(C)(C)CCOCC(N)C(C)(C)C. The summed E-state index contributed by atoms with van der Waals surface area (Å²) >= 11 is 0. The second kappa shape index (κ2) is 5.13. The first-order chi connectivity index (χ1) is 6.13. The van der Waals surface area contributed by atoms with E-state index in [-0.39, 0.29) is 11.5 Å². The Morgan fingerprint density at radius 3 is 1.93 bits per heavy atom. The Morgan fingerprint density at radius 2 is 1.57 bits per heavy atom. The van der Waals surface area contributed by atoms with Crippen LogP contribution in [0.15, 0.2) is 0 Å². The molecule has 0 fully saturated rings. The lowest BCUT2D eigenvalue weighted by Crippen LogP contribution is -2.39. The van der Waals surface area contributed by atoms with E-state index in [2.05, 4.69) is 41.5 Å². The first-order valence-electron chi connectivity index (χ1n) is 5.46. The predicted molar refractivity (Wildman–Crippen MR) is 62.3 cm³/mol. The number of ether oxygens (including phenoxy) is 1. The Bertz CT molecular complexity index is 153. The zero-order valence-electron chi connectivity index (χ0n) is 10.7. The van der Waals surface area contributed by atoms with Gasteiger partial charge in [0.15, 0.2) is 0 Å². The van der Waals surface area contributed by atoms with Crippen molar-refractivity contribution in [2.75, 3.05) is 13.2 Å². The molecular weight excluding hydrogens is 174 g/mol. The Labute approximate surface area is 89.2 Å². The second-order valence-electron chi connectivity index (χ2n) is 6.36. The van der Waals surface area contributed by atoms with Crippen LogP contribution in [0, 0.1) is 10.8 Å². The average Bonchev–Trinajstić information content (AvgIpc) is 1.93. The first-order valence-corrected chi connectivity index (χ1v) is 5.46. The van der Waals surface area contributed by atoms with Gasteiger partial charge in [-0.15, -0.1) is 0 Å². The van der Waals surface area contributed by atoms with E-state index >= 15 is 0 Å². The third kappa shape index (κ3) is 7.34. The van der Waals surface area contributed by atoms with Crippen molar-refractivity contribution < 1.29 is 4.74 Å². The molecule has 0 radical (unpaired) electrons. The van der Waals surface area contributed by atoms with Gasteiger partial charge in [-0.3, -0.25) is 0 Å². The van der Waals surface area contributed by atoms with E-state index in [9.17, 15) is 0 Å². The maximum absolute atomic E-state index is 5.98. The summed E-state index contributed by atoms with van der Waals surface area (Å²) < 4.78 is 5.57. The van der Waals surface area contributed by atoms with Crippen LogP contribution in [0.3, 0.4) is 0 Å². The highest BCUT2D eigenvalue weighted by Crippen LogP contribution is 2.20. The molecule has 0 aromatic rings. The fraction of sp³-hybridized carbons (Fsp3) is 1.00. The van der Waals surface area contributed by atoms with Gasteiger partial charge >= 0.3 is 0 Å². The molecule has 1 unspecified atom stereocenters. The highest BCUT2D eigenvalue weighted by Gasteiger charge is 2.20. The Morgan fingerprint density at radius 1 is 1.07 bits per heavy atom. The summed E-state index contributed by atoms with van der Waals surface area (Å²) in [4.78, 5) is 0. The standard InChI is InChI=1S/C12H27NO/c1-11(2,3)7-8-14-9-10(13)12(4,5)6/h10H,7-9,13H2,1-6H3. The second-order valence-corrected chi connectivity index (χ2v) is 6.36. The normalized spacial score (nSPS) is 15.6. The lowest BCUT2D eigenvalue weighted by Gasteiger charge is -2.27. The summed E-state index contributed by atoms with van der Waals surface area (Å²) in [5, 5.41) is 0. The van der Waals surface area contributed by atoms with Crippen molar-refractivity contribution in [2.24, 2.45) is 16.6 Å². The van der Waals surface area contributed by atoms with Gasteiger partial charge in [-0.05, 0) is 17.3 Å². The summed E-state index contributed by atoms with van der Waals surface area (Å²) in [5.74, 6) is 0. The van der Waals surface area contributed by atoms with Crippen molar-refractivity contribution in [1.82, 2.24) is 0 Å². The lowest BCUT2D eigenvalue weighted by molar-refractivity contribution is 0.0733. The minimum atomic E-state index is 0.127. The Kier molecular flexibility index (Phi) is 5.10. The molecule has 0 heterocycles. The van der Waals surface area contributed by atoms with Crippen LogP contribution in [-0.2, 0) is 4.74 Å². The van der Waals surface area contributed by atoms with Gasteiger partial charge in [-0.2, -0.15) is 0 Å². The first kappa shape index (κ1) is 13.9. The number of hydrogen-bond acceptors (Lipinski definition) is 2. The molecule has 14 heavy (non-hydrogen) atoms. The highest BCUT2D eigenvalue weighted by atomic mass is 16.5. The summed E-state index contributed by atoms with van der Waals surface area (Å²) in [6.07, 6.45) is 1.09. The molecule has 0 spiro atoms. The maximum atomic E-state index is 5.98. The van der Waals surface area contributed by atoms with Gasteiger partial charge in [0.2, 0.25) is 0 Å². The molecule has 0 saturated heterocycles. The van der Waals surface area contributed by atoms with Crippen LogP contribution in [-0.4, -0.2) is 19.3 Å². The van der Waals surface area contributed by atoms with E-state index in [1.807, 2.05) is 0 Å². The van der Waals surface area contributed by atoms with Crippen LogP contribution in [0.2, 0.25) is 0 Å². The smallest absolute Gasteiger partial charge is 0.0622 e. The van der Waals surface area contributed by atoms with Gasteiger partial charge in [-0.25, -0.2) is 0 Å². The maximum Gasteiger partial charge on any atom is 0.0622 e. The molecule has 0 aromatic heterocycles. The van der Waals surface area contributed by atoms with Gasteiger partial charge in [0.05, 0.1) is 6.61 Å². The van der Waals surface area contributed by atoms with E-state index in [4.69, 9.17) is 10.5 Å². The lowest BCUT2D eigenvalue weighted by atomic mass is 9.88. The number of hydrogen-bond donors (Lipinski definition) is 1. The highest BCUT2D eigenvalue weighted by molar-refractivity contribution is 4.76. The molecular formula is C12H27NO. The zero-order valence-corrected chi connectivity index (χ0v) is 10.7. The fourth-order valence-corrected chi connectivity index (χ4v) is 0.839. The molecule has 0 saturated carbocycles. The summed E-state index contributed by atoms with van der Waals surface area (Å²) in [7, 11) is 0. The Balaban J connectivity index is 3.56. The predicted octanol–water partition coefficient (Wildman–Crippen LogP) is 2.81. The van der Waals surface area contributed by atoms with Gasteiger partial charge in [0, 0.05) is 12.6 Å². The molecule has 0 bridgehead atoms. The van der Waals surface area contributed by atoms with Crippen LogP contribution in [0.25, 0.3) is 0 Å². The number of rotatable bonds is 4. The fourth-order valence-electron chi connectivity index (χ4n) is 0.839. The molecule has 2 nitrogen and oxygen atoms in total. The van der Waals surface area contributed by atoms with Crippen LogP contribution in [0.4, 0.5) is 0 Å². The summed E-state index contributed by atoms with van der Waals surface area (Å²) in [6.45, 7) is 14.6. The molecule has 2 heteroatoms. The molecule has 0 rings (SSSR count). The molecule has 0 amide bonds. The van der Waals surface area contributed by atoms with Crippen LogP contribution < -0.4 is 5.73 Å². The summed E-state index contributed by atoms with van der Waals surface area (Å²) in [5.41, 5.74) is 6.47. The van der Waals surface area contributed by atoms with Crippen LogP contribution in [0.5, 0.6) is 0 Å². The number of nitrogens with two attached hydrogens (primary N) is 1. The van der Waals surface area contributed by atoms with Crippen molar-refractivity contribution >= 4 is 0 Å². The zero-order chi connectivity index (χ0) is 11.4. The quantitative estimate of drug-likeness (QED) is 0.710. The van der Waals surface area contributed by atoms with Gasteiger partial charge in [-0.1, -0.05) is 41.5 Å². The van der Waals surface area contributed by atoms with Gasteiger partial charge in [0.1, 0.15) is 0 Å². The third-order valence-electron chi connectivity index (χ3n) is 2.41. The van der Waals surface area contributed by atoms with Crippen molar-refractivity contribution in [3.63, 3.8) is 0 Å². The minimum Gasteiger partial charge on any atom is -0.380 e. The molecule has 0 aliphatic rings. The molecule has 0 aromatic carbocycles. The molecule has 86 valence electrons.